The molecule has 1 saturated carbocycles. The van der Waals surface area contributed by atoms with Crippen molar-refractivity contribution in [2.75, 3.05) is 6.61 Å². The van der Waals surface area contributed by atoms with Gasteiger partial charge >= 0.3 is 0 Å². The van der Waals surface area contributed by atoms with Crippen LogP contribution in [0.25, 0.3) is 0 Å². The molecule has 1 aliphatic rings. The summed E-state index contributed by atoms with van der Waals surface area (Å²) >= 11 is 6.14. The number of nitrogens with two attached hydrogens (primary N) is 1. The molecule has 0 aromatic carbocycles. The van der Waals surface area contributed by atoms with Crippen LogP contribution in [0.4, 0.5) is 0 Å². The highest BCUT2D eigenvalue weighted by molar-refractivity contribution is 14.0. The molecule has 7 heteroatoms. The molecule has 0 saturated heterocycles. The first-order valence-corrected chi connectivity index (χ1v) is 7.26. The Morgan fingerprint density at radius 2 is 2.29 bits per heavy atom. The number of pyridine rings is 1. The van der Waals surface area contributed by atoms with E-state index in [4.69, 9.17) is 22.1 Å². The lowest BCUT2D eigenvalue weighted by Crippen LogP contribution is -2.33. The van der Waals surface area contributed by atoms with Crippen LogP contribution in [0.1, 0.15) is 32.3 Å². The van der Waals surface area contributed by atoms with Crippen LogP contribution in [0.3, 0.4) is 0 Å². The van der Waals surface area contributed by atoms with Gasteiger partial charge in [0.05, 0.1) is 13.2 Å². The van der Waals surface area contributed by atoms with Crippen molar-refractivity contribution in [1.29, 1.82) is 0 Å². The van der Waals surface area contributed by atoms with Crippen molar-refractivity contribution in [1.82, 2.24) is 10.3 Å². The highest BCUT2D eigenvalue weighted by Crippen LogP contribution is 2.23. The Hall–Kier alpha value is -0.760. The largest absolute Gasteiger partial charge is 0.476 e. The molecule has 1 heterocycles. The third-order valence-corrected chi connectivity index (χ3v) is 3.05. The van der Waals surface area contributed by atoms with Crippen LogP contribution < -0.4 is 15.8 Å². The smallest absolute Gasteiger partial charge is 0.232 e. The summed E-state index contributed by atoms with van der Waals surface area (Å²) < 4.78 is 5.52. The van der Waals surface area contributed by atoms with Crippen molar-refractivity contribution in [3.63, 3.8) is 0 Å². The normalized spacial score (nSPS) is 14.8. The number of guanidine groups is 1. The molecule has 21 heavy (non-hydrogen) atoms. The molecule has 3 N–H and O–H groups in total. The second-order valence-corrected chi connectivity index (χ2v) is 5.86. The summed E-state index contributed by atoms with van der Waals surface area (Å²) in [7, 11) is 0. The minimum absolute atomic E-state index is 0. The number of rotatable bonds is 6. The molecule has 1 aromatic heterocycles. The van der Waals surface area contributed by atoms with Gasteiger partial charge in [0.1, 0.15) is 5.02 Å². The summed E-state index contributed by atoms with van der Waals surface area (Å²) in [6, 6.07) is 2.32. The Balaban J connectivity index is 0.00000220. The molecule has 2 rings (SSSR count). The van der Waals surface area contributed by atoms with Crippen molar-refractivity contribution in [3.8, 4) is 5.88 Å². The number of halogens is 2. The van der Waals surface area contributed by atoms with Crippen molar-refractivity contribution < 1.29 is 4.74 Å². The van der Waals surface area contributed by atoms with Gasteiger partial charge in [0.25, 0.3) is 0 Å². The van der Waals surface area contributed by atoms with Crippen LogP contribution in [-0.4, -0.2) is 23.6 Å². The van der Waals surface area contributed by atoms with Gasteiger partial charge in [-0.3, -0.25) is 0 Å². The molecule has 0 radical (unpaired) electrons. The fraction of sp³-hybridized carbons (Fsp3) is 0.571. The van der Waals surface area contributed by atoms with Gasteiger partial charge in [0.15, 0.2) is 5.96 Å². The lowest BCUT2D eigenvalue weighted by atomic mass is 10.2. The van der Waals surface area contributed by atoms with Gasteiger partial charge in [-0.2, -0.15) is 0 Å². The van der Waals surface area contributed by atoms with E-state index in [9.17, 15) is 0 Å². The first-order chi connectivity index (χ1) is 9.54. The molecule has 5 nitrogen and oxygen atoms in total. The van der Waals surface area contributed by atoms with Gasteiger partial charge in [-0.15, -0.1) is 24.0 Å². The van der Waals surface area contributed by atoms with Crippen molar-refractivity contribution in [3.05, 3.63) is 22.8 Å². The predicted molar refractivity (Wildman–Crippen MR) is 96.5 cm³/mol. The van der Waals surface area contributed by atoms with Crippen LogP contribution in [0.15, 0.2) is 17.3 Å². The SMILES string of the molecule is CC(C)COc1ncc(CN=C(N)NC2CC2)cc1Cl.I. The van der Waals surface area contributed by atoms with Crippen molar-refractivity contribution in [2.45, 2.75) is 39.3 Å². The number of nitrogens with zero attached hydrogens (tertiary/aromatic N) is 2. The fourth-order valence-electron chi connectivity index (χ4n) is 1.56. The minimum atomic E-state index is 0. The molecule has 0 bridgehead atoms. The molecular formula is C14H22ClIN4O. The summed E-state index contributed by atoms with van der Waals surface area (Å²) in [4.78, 5) is 8.48. The molecule has 118 valence electrons. The molecule has 0 atom stereocenters. The standard InChI is InChI=1S/C14H21ClN4O.HI/c1-9(2)8-20-13-12(15)5-10(6-17-13)7-18-14(16)19-11-3-4-11;/h5-6,9,11H,3-4,7-8H2,1-2H3,(H3,16,18,19);1H. The van der Waals surface area contributed by atoms with Crippen LogP contribution in [0.2, 0.25) is 5.02 Å². The molecule has 0 spiro atoms. The van der Waals surface area contributed by atoms with Gasteiger partial charge in [0.2, 0.25) is 5.88 Å². The minimum Gasteiger partial charge on any atom is -0.476 e. The zero-order chi connectivity index (χ0) is 14.5. The lowest BCUT2D eigenvalue weighted by molar-refractivity contribution is 0.261. The molecule has 0 amide bonds. The molecule has 0 aliphatic heterocycles. The van der Waals surface area contributed by atoms with E-state index in [1.54, 1.807) is 6.20 Å². The average Bonchev–Trinajstić information content (AvgIpc) is 3.19. The highest BCUT2D eigenvalue weighted by Gasteiger charge is 2.21. The van der Waals surface area contributed by atoms with Crippen LogP contribution in [0.5, 0.6) is 5.88 Å². The Kier molecular flexibility index (Phi) is 7.51. The van der Waals surface area contributed by atoms with Crippen LogP contribution >= 0.6 is 35.6 Å². The second kappa shape index (κ2) is 8.63. The number of hydrogen-bond acceptors (Lipinski definition) is 3. The molecular weight excluding hydrogens is 403 g/mol. The monoisotopic (exact) mass is 424 g/mol. The van der Waals surface area contributed by atoms with E-state index in [1.165, 1.54) is 12.8 Å². The van der Waals surface area contributed by atoms with Gasteiger partial charge < -0.3 is 15.8 Å². The van der Waals surface area contributed by atoms with Gasteiger partial charge in [-0.05, 0) is 30.4 Å². The zero-order valence-electron chi connectivity index (χ0n) is 12.3. The summed E-state index contributed by atoms with van der Waals surface area (Å²) in [6.07, 6.45) is 4.06. The quantitative estimate of drug-likeness (QED) is 0.418. The summed E-state index contributed by atoms with van der Waals surface area (Å²) in [5, 5.41) is 3.64. The summed E-state index contributed by atoms with van der Waals surface area (Å²) in [5.74, 6) is 1.38. The number of nitrogens with one attached hydrogen (secondary N) is 1. The topological polar surface area (TPSA) is 72.5 Å². The zero-order valence-corrected chi connectivity index (χ0v) is 15.4. The van der Waals surface area contributed by atoms with Crippen LogP contribution in [-0.2, 0) is 6.54 Å². The number of hydrogen-bond donors (Lipinski definition) is 2. The second-order valence-electron chi connectivity index (χ2n) is 5.46. The molecule has 1 aromatic rings. The maximum absolute atomic E-state index is 6.14. The van der Waals surface area contributed by atoms with Gasteiger partial charge in [0, 0.05) is 12.2 Å². The maximum atomic E-state index is 6.14. The fourth-order valence-corrected chi connectivity index (χ4v) is 1.81. The highest BCUT2D eigenvalue weighted by atomic mass is 127. The van der Waals surface area contributed by atoms with E-state index in [1.807, 2.05) is 6.07 Å². The predicted octanol–water partition coefficient (Wildman–Crippen LogP) is 2.95. The van der Waals surface area contributed by atoms with Gasteiger partial charge in [-0.25, -0.2) is 9.98 Å². The number of ether oxygens (including phenoxy) is 1. The van der Waals surface area contributed by atoms with E-state index in [0.717, 1.165) is 5.56 Å². The Bertz CT molecular complexity index is 492. The number of aliphatic imine (C=N–C) groups is 1. The molecule has 1 fully saturated rings. The summed E-state index contributed by atoms with van der Waals surface area (Å²) in [6.45, 7) is 5.21. The molecule has 0 unspecified atom stereocenters. The van der Waals surface area contributed by atoms with E-state index in [2.05, 4.69) is 29.1 Å². The third-order valence-electron chi connectivity index (χ3n) is 2.78. The first-order valence-electron chi connectivity index (χ1n) is 6.88. The number of aromatic nitrogens is 1. The van der Waals surface area contributed by atoms with E-state index in [0.29, 0.717) is 42.0 Å². The third kappa shape index (κ3) is 6.69. The Labute approximate surface area is 147 Å². The van der Waals surface area contributed by atoms with Gasteiger partial charge in [-0.1, -0.05) is 25.4 Å². The molecule has 1 aliphatic carbocycles. The van der Waals surface area contributed by atoms with Crippen molar-refractivity contribution >= 4 is 41.5 Å². The van der Waals surface area contributed by atoms with E-state index < -0.39 is 0 Å². The Morgan fingerprint density at radius 3 is 2.86 bits per heavy atom. The van der Waals surface area contributed by atoms with Crippen LogP contribution in [0, 0.1) is 5.92 Å². The van der Waals surface area contributed by atoms with Crippen molar-refractivity contribution in [2.24, 2.45) is 16.6 Å². The first kappa shape index (κ1) is 18.3. The lowest BCUT2D eigenvalue weighted by Gasteiger charge is -2.09. The van der Waals surface area contributed by atoms with E-state index >= 15 is 0 Å². The maximum Gasteiger partial charge on any atom is 0.232 e. The average molecular weight is 425 g/mol. The summed E-state index contributed by atoms with van der Waals surface area (Å²) in [5.41, 5.74) is 6.68. The Morgan fingerprint density at radius 1 is 1.57 bits per heavy atom. The van der Waals surface area contributed by atoms with E-state index in [-0.39, 0.29) is 24.0 Å².